The molecule has 1 aliphatic heterocycles. The first kappa shape index (κ1) is 28.7. The number of carbonyl (C=O) groups is 1. The molecule has 0 bridgehead atoms. The summed E-state index contributed by atoms with van der Waals surface area (Å²) in [5.74, 6) is 1.32. The van der Waals surface area contributed by atoms with Gasteiger partial charge >= 0.3 is 0 Å². The highest BCUT2D eigenvalue weighted by Gasteiger charge is 2.28. The van der Waals surface area contributed by atoms with E-state index in [0.717, 1.165) is 24.2 Å². The van der Waals surface area contributed by atoms with Crippen molar-refractivity contribution in [3.63, 3.8) is 0 Å². The van der Waals surface area contributed by atoms with Crippen molar-refractivity contribution in [2.75, 3.05) is 26.2 Å². The van der Waals surface area contributed by atoms with Crippen LogP contribution in [-0.4, -0.2) is 61.1 Å². The van der Waals surface area contributed by atoms with Gasteiger partial charge in [-0.15, -0.1) is 10.2 Å². The number of hydrogen-bond acceptors (Lipinski definition) is 5. The number of carbonyl (C=O) groups excluding carboxylic acids is 1. The largest absolute Gasteiger partial charge is 0.340 e. The van der Waals surface area contributed by atoms with Crippen LogP contribution in [0.5, 0.6) is 0 Å². The molecular formula is C37H36N6O2. The fraction of sp³-hybridized carbons (Fsp3) is 0.243. The summed E-state index contributed by atoms with van der Waals surface area (Å²) in [4.78, 5) is 31.4. The maximum Gasteiger partial charge on any atom is 0.262 e. The van der Waals surface area contributed by atoms with E-state index in [4.69, 9.17) is 0 Å². The molecule has 1 fully saturated rings. The van der Waals surface area contributed by atoms with Crippen LogP contribution in [0.1, 0.15) is 35.0 Å². The highest BCUT2D eigenvalue weighted by Crippen LogP contribution is 2.29. The van der Waals surface area contributed by atoms with Crippen LogP contribution in [0.15, 0.2) is 120 Å². The van der Waals surface area contributed by atoms with Crippen molar-refractivity contribution in [2.45, 2.75) is 31.8 Å². The molecule has 0 atom stereocenters. The van der Waals surface area contributed by atoms with Crippen molar-refractivity contribution in [3.05, 3.63) is 148 Å². The Balaban J connectivity index is 1.07. The number of amides is 1. The van der Waals surface area contributed by atoms with Crippen molar-refractivity contribution in [3.8, 4) is 0 Å². The number of aryl methyl sites for hydroxylation is 3. The van der Waals surface area contributed by atoms with Crippen molar-refractivity contribution in [1.29, 1.82) is 0 Å². The zero-order chi connectivity index (χ0) is 30.6. The van der Waals surface area contributed by atoms with Gasteiger partial charge in [-0.3, -0.25) is 23.5 Å². The molecule has 0 spiro atoms. The fourth-order valence-corrected chi connectivity index (χ4v) is 6.55. The predicted molar refractivity (Wildman–Crippen MR) is 176 cm³/mol. The molecule has 1 amide bonds. The van der Waals surface area contributed by atoms with E-state index in [1.165, 1.54) is 11.1 Å². The number of fused-ring (bicyclic) bond motifs is 3. The lowest BCUT2D eigenvalue weighted by Crippen LogP contribution is -2.49. The SMILES string of the molecule is O=C(CCc1nnc2n(CCc3ccccc3)c(=O)c3ccccc3n12)N1CCN(C(c2ccccc2)c2ccccc2)CC1. The Labute approximate surface area is 262 Å². The minimum Gasteiger partial charge on any atom is -0.340 e. The van der Waals surface area contributed by atoms with Gasteiger partial charge in [-0.1, -0.05) is 103 Å². The monoisotopic (exact) mass is 596 g/mol. The quantitative estimate of drug-likeness (QED) is 0.231. The summed E-state index contributed by atoms with van der Waals surface area (Å²) in [5.41, 5.74) is 4.36. The van der Waals surface area contributed by atoms with Crippen LogP contribution in [0.2, 0.25) is 0 Å². The summed E-state index contributed by atoms with van der Waals surface area (Å²) in [6, 6.07) is 39.0. The normalized spacial score (nSPS) is 14.0. The van der Waals surface area contributed by atoms with Gasteiger partial charge in [-0.05, 0) is 35.2 Å². The Hall–Kier alpha value is -5.08. The maximum absolute atomic E-state index is 13.5. The lowest BCUT2D eigenvalue weighted by molar-refractivity contribution is -0.133. The first-order chi connectivity index (χ1) is 22.2. The van der Waals surface area contributed by atoms with E-state index >= 15 is 0 Å². The molecule has 7 rings (SSSR count). The van der Waals surface area contributed by atoms with E-state index in [1.54, 1.807) is 4.57 Å². The second-order valence-corrected chi connectivity index (χ2v) is 11.6. The molecule has 1 saturated heterocycles. The third-order valence-electron chi connectivity index (χ3n) is 8.87. The topological polar surface area (TPSA) is 75.7 Å². The van der Waals surface area contributed by atoms with Crippen molar-refractivity contribution < 1.29 is 4.79 Å². The van der Waals surface area contributed by atoms with E-state index in [1.807, 2.05) is 63.9 Å². The van der Waals surface area contributed by atoms with E-state index < -0.39 is 0 Å². The molecule has 1 aliphatic rings. The van der Waals surface area contributed by atoms with Crippen LogP contribution in [-0.2, 0) is 24.2 Å². The standard InChI is InChI=1S/C37H36N6O2/c44-34(40-24-26-41(27-25-40)35(29-14-6-2-7-15-29)30-16-8-3-9-17-30)21-20-33-38-39-37-42(23-22-28-12-4-1-5-13-28)36(45)31-18-10-11-19-32(31)43(33)37/h1-19,35H,20-27H2. The Kier molecular flexibility index (Phi) is 8.21. The molecule has 2 aromatic heterocycles. The van der Waals surface area contributed by atoms with Crippen molar-refractivity contribution >= 4 is 22.6 Å². The fourth-order valence-electron chi connectivity index (χ4n) is 6.55. The summed E-state index contributed by atoms with van der Waals surface area (Å²) in [6.07, 6.45) is 1.48. The van der Waals surface area contributed by atoms with Gasteiger partial charge in [0.2, 0.25) is 11.7 Å². The molecular weight excluding hydrogens is 560 g/mol. The minimum atomic E-state index is -0.0776. The Bertz CT molecular complexity index is 1920. The highest BCUT2D eigenvalue weighted by atomic mass is 16.2. The zero-order valence-corrected chi connectivity index (χ0v) is 25.2. The molecule has 4 aromatic carbocycles. The van der Waals surface area contributed by atoms with Crippen molar-refractivity contribution in [1.82, 2.24) is 29.0 Å². The minimum absolute atomic E-state index is 0.0776. The van der Waals surface area contributed by atoms with Gasteiger partial charge in [0.05, 0.1) is 16.9 Å². The molecule has 226 valence electrons. The van der Waals surface area contributed by atoms with Crippen LogP contribution in [0.25, 0.3) is 16.7 Å². The number of nitrogens with zero attached hydrogens (tertiary/aromatic N) is 6. The van der Waals surface area contributed by atoms with Gasteiger partial charge in [0.25, 0.3) is 5.56 Å². The lowest BCUT2D eigenvalue weighted by atomic mass is 9.96. The molecule has 6 aromatic rings. The maximum atomic E-state index is 13.5. The summed E-state index contributed by atoms with van der Waals surface area (Å²) >= 11 is 0. The van der Waals surface area contributed by atoms with Gasteiger partial charge in [0, 0.05) is 45.6 Å². The van der Waals surface area contributed by atoms with Crippen LogP contribution in [0, 0.1) is 0 Å². The van der Waals surface area contributed by atoms with Crippen LogP contribution in [0.4, 0.5) is 0 Å². The molecule has 0 unspecified atom stereocenters. The van der Waals surface area contributed by atoms with Gasteiger partial charge in [0.15, 0.2) is 0 Å². The molecule has 8 nitrogen and oxygen atoms in total. The third-order valence-corrected chi connectivity index (χ3v) is 8.87. The number of benzene rings is 4. The molecule has 8 heteroatoms. The number of aromatic nitrogens is 4. The van der Waals surface area contributed by atoms with E-state index in [2.05, 4.69) is 75.8 Å². The van der Waals surface area contributed by atoms with Gasteiger partial charge < -0.3 is 4.90 Å². The van der Waals surface area contributed by atoms with Crippen molar-refractivity contribution in [2.24, 2.45) is 0 Å². The summed E-state index contributed by atoms with van der Waals surface area (Å²) < 4.78 is 3.67. The molecule has 3 heterocycles. The smallest absolute Gasteiger partial charge is 0.262 e. The first-order valence-corrected chi connectivity index (χ1v) is 15.7. The van der Waals surface area contributed by atoms with Crippen LogP contribution in [0.3, 0.4) is 0 Å². The first-order valence-electron chi connectivity index (χ1n) is 15.7. The third kappa shape index (κ3) is 5.89. The second-order valence-electron chi connectivity index (χ2n) is 11.6. The Morgan fingerprint density at radius 1 is 0.689 bits per heavy atom. The van der Waals surface area contributed by atoms with Crippen LogP contribution >= 0.6 is 0 Å². The highest BCUT2D eigenvalue weighted by molar-refractivity contribution is 5.80. The molecule has 0 saturated carbocycles. The van der Waals surface area contributed by atoms with Gasteiger partial charge in [0.1, 0.15) is 5.82 Å². The Morgan fingerprint density at radius 2 is 1.29 bits per heavy atom. The summed E-state index contributed by atoms with van der Waals surface area (Å²) in [7, 11) is 0. The zero-order valence-electron chi connectivity index (χ0n) is 25.2. The molecule has 0 radical (unpaired) electrons. The number of hydrogen-bond donors (Lipinski definition) is 0. The number of para-hydroxylation sites is 1. The molecule has 0 aliphatic carbocycles. The number of rotatable bonds is 9. The number of piperazine rings is 1. The Morgan fingerprint density at radius 3 is 1.96 bits per heavy atom. The van der Waals surface area contributed by atoms with E-state index in [-0.39, 0.29) is 17.5 Å². The predicted octanol–water partition coefficient (Wildman–Crippen LogP) is 5.15. The van der Waals surface area contributed by atoms with E-state index in [0.29, 0.717) is 55.9 Å². The molecule has 0 N–H and O–H groups in total. The van der Waals surface area contributed by atoms with E-state index in [9.17, 15) is 9.59 Å². The summed E-state index contributed by atoms with van der Waals surface area (Å²) in [5, 5.41) is 9.58. The summed E-state index contributed by atoms with van der Waals surface area (Å²) in [6.45, 7) is 3.44. The van der Waals surface area contributed by atoms with Gasteiger partial charge in [-0.2, -0.15) is 0 Å². The molecule has 45 heavy (non-hydrogen) atoms. The van der Waals surface area contributed by atoms with Crippen LogP contribution < -0.4 is 5.56 Å². The lowest BCUT2D eigenvalue weighted by Gasteiger charge is -2.39. The van der Waals surface area contributed by atoms with Gasteiger partial charge in [-0.25, -0.2) is 0 Å². The average molecular weight is 597 g/mol. The average Bonchev–Trinajstić information content (AvgIpc) is 3.53. The second kappa shape index (κ2) is 12.9.